The molecular formula is C15H17N3O4S. The standard InChI is InChI=1S/C15H17N3O4S/c1-9(19)16-14-17-18(10(2)20)15(4,23-14)12-6-5-7-13(8-12)22-11(3)21/h5-8H,1-4H3,(H,16,17,19)/t15-/m1/s1. The SMILES string of the molecule is CC(=O)NC1=NN(C(C)=O)[C@@](C)(c2cccc(OC(C)=O)c2)S1. The Balaban J connectivity index is 2.38. The molecule has 0 radical (unpaired) electrons. The summed E-state index contributed by atoms with van der Waals surface area (Å²) in [4.78, 5) is 33.4. The number of rotatable bonds is 2. The smallest absolute Gasteiger partial charge is 0.308 e. The van der Waals surface area contributed by atoms with Crippen LogP contribution in [0.5, 0.6) is 5.75 Å². The Labute approximate surface area is 138 Å². The fourth-order valence-corrected chi connectivity index (χ4v) is 3.40. The number of esters is 1. The Bertz CT molecular complexity index is 704. The van der Waals surface area contributed by atoms with Crippen molar-refractivity contribution in [2.45, 2.75) is 32.6 Å². The van der Waals surface area contributed by atoms with E-state index in [2.05, 4.69) is 10.4 Å². The molecule has 0 saturated carbocycles. The zero-order valence-electron chi connectivity index (χ0n) is 13.2. The summed E-state index contributed by atoms with van der Waals surface area (Å²) in [7, 11) is 0. The molecule has 1 aliphatic heterocycles. The van der Waals surface area contributed by atoms with Crippen LogP contribution in [0.1, 0.15) is 33.3 Å². The minimum Gasteiger partial charge on any atom is -0.427 e. The van der Waals surface area contributed by atoms with E-state index in [9.17, 15) is 14.4 Å². The highest BCUT2D eigenvalue weighted by molar-refractivity contribution is 8.14. The highest BCUT2D eigenvalue weighted by Gasteiger charge is 2.44. The summed E-state index contributed by atoms with van der Waals surface area (Å²) in [5.74, 6) is -0.575. The molecule has 0 saturated heterocycles. The highest BCUT2D eigenvalue weighted by Crippen LogP contribution is 2.45. The van der Waals surface area contributed by atoms with Crippen molar-refractivity contribution in [1.29, 1.82) is 0 Å². The van der Waals surface area contributed by atoms with Crippen molar-refractivity contribution in [3.05, 3.63) is 29.8 Å². The maximum absolute atomic E-state index is 11.9. The van der Waals surface area contributed by atoms with Gasteiger partial charge in [0.05, 0.1) is 0 Å². The van der Waals surface area contributed by atoms with E-state index >= 15 is 0 Å². The molecule has 122 valence electrons. The first-order valence-corrected chi connectivity index (χ1v) is 7.69. The summed E-state index contributed by atoms with van der Waals surface area (Å²) in [6.45, 7) is 5.90. The van der Waals surface area contributed by atoms with Crippen LogP contribution in [0, 0.1) is 0 Å². The van der Waals surface area contributed by atoms with Gasteiger partial charge in [0.2, 0.25) is 11.8 Å². The van der Waals surface area contributed by atoms with Crippen LogP contribution < -0.4 is 10.1 Å². The average molecular weight is 335 g/mol. The van der Waals surface area contributed by atoms with Crippen molar-refractivity contribution in [2.24, 2.45) is 5.10 Å². The lowest BCUT2D eigenvalue weighted by Crippen LogP contribution is -2.37. The molecule has 0 aromatic heterocycles. The number of carbonyl (C=O) groups is 3. The lowest BCUT2D eigenvalue weighted by molar-refractivity contribution is -0.133. The number of nitrogens with one attached hydrogen (secondary N) is 1. The summed E-state index contributed by atoms with van der Waals surface area (Å²) in [5.41, 5.74) is 0.723. The van der Waals surface area contributed by atoms with Gasteiger partial charge < -0.3 is 10.1 Å². The Morgan fingerprint density at radius 3 is 2.52 bits per heavy atom. The van der Waals surface area contributed by atoms with Gasteiger partial charge in [-0.05, 0) is 24.6 Å². The normalized spacial score (nSPS) is 20.0. The molecule has 0 spiro atoms. The molecule has 2 amide bonds. The van der Waals surface area contributed by atoms with E-state index in [-0.39, 0.29) is 11.8 Å². The maximum Gasteiger partial charge on any atom is 0.308 e. The van der Waals surface area contributed by atoms with Crippen molar-refractivity contribution in [2.75, 3.05) is 0 Å². The third kappa shape index (κ3) is 3.70. The Morgan fingerprint density at radius 2 is 1.96 bits per heavy atom. The molecule has 1 aliphatic rings. The van der Waals surface area contributed by atoms with Gasteiger partial charge in [0.1, 0.15) is 10.6 Å². The highest BCUT2D eigenvalue weighted by atomic mass is 32.2. The molecule has 1 heterocycles. The summed E-state index contributed by atoms with van der Waals surface area (Å²) in [6, 6.07) is 6.87. The monoisotopic (exact) mass is 335 g/mol. The lowest BCUT2D eigenvalue weighted by atomic mass is 10.1. The van der Waals surface area contributed by atoms with E-state index in [0.717, 1.165) is 5.56 Å². The number of hydrogen-bond donors (Lipinski definition) is 1. The molecule has 0 bridgehead atoms. The van der Waals surface area contributed by atoms with Crippen molar-refractivity contribution < 1.29 is 19.1 Å². The first kappa shape index (κ1) is 17.0. The van der Waals surface area contributed by atoms with E-state index in [1.54, 1.807) is 18.2 Å². The second-order valence-corrected chi connectivity index (χ2v) is 6.51. The number of nitrogens with zero attached hydrogens (tertiary/aromatic N) is 2. The molecule has 1 N–H and O–H groups in total. The molecule has 0 fully saturated rings. The summed E-state index contributed by atoms with van der Waals surface area (Å²) < 4.78 is 5.09. The Hall–Kier alpha value is -2.35. The molecule has 23 heavy (non-hydrogen) atoms. The molecule has 0 aliphatic carbocycles. The first-order valence-electron chi connectivity index (χ1n) is 6.87. The van der Waals surface area contributed by atoms with Gasteiger partial charge in [-0.2, -0.15) is 0 Å². The van der Waals surface area contributed by atoms with Crippen LogP contribution >= 0.6 is 11.8 Å². The maximum atomic E-state index is 11.9. The molecule has 7 nitrogen and oxygen atoms in total. The number of amides is 2. The van der Waals surface area contributed by atoms with E-state index < -0.39 is 10.8 Å². The third-order valence-electron chi connectivity index (χ3n) is 3.10. The molecule has 2 rings (SSSR count). The number of thioether (sulfide) groups is 1. The predicted molar refractivity (Wildman–Crippen MR) is 86.5 cm³/mol. The minimum atomic E-state index is -0.847. The van der Waals surface area contributed by atoms with E-state index in [0.29, 0.717) is 10.9 Å². The number of carbonyl (C=O) groups excluding carboxylic acids is 3. The van der Waals surface area contributed by atoms with E-state index in [1.807, 2.05) is 13.0 Å². The van der Waals surface area contributed by atoms with Crippen molar-refractivity contribution in [3.8, 4) is 5.75 Å². The zero-order valence-corrected chi connectivity index (χ0v) is 14.1. The molecule has 0 unspecified atom stereocenters. The van der Waals surface area contributed by atoms with Crippen LogP contribution in [0.2, 0.25) is 0 Å². The second-order valence-electron chi connectivity index (χ2n) is 5.12. The summed E-state index contributed by atoms with van der Waals surface area (Å²) in [5, 5.41) is 8.41. The molecule has 1 aromatic rings. The van der Waals surface area contributed by atoms with E-state index in [1.165, 1.54) is 37.5 Å². The molecular weight excluding hydrogens is 318 g/mol. The topological polar surface area (TPSA) is 88.1 Å². The van der Waals surface area contributed by atoms with Crippen LogP contribution in [-0.2, 0) is 19.3 Å². The van der Waals surface area contributed by atoms with Crippen LogP contribution in [-0.4, -0.2) is 28.0 Å². The van der Waals surface area contributed by atoms with Gasteiger partial charge in [0.15, 0.2) is 5.17 Å². The number of hydrogen-bond acceptors (Lipinski definition) is 6. The van der Waals surface area contributed by atoms with Crippen LogP contribution in [0.4, 0.5) is 0 Å². The van der Waals surface area contributed by atoms with Gasteiger partial charge in [-0.3, -0.25) is 14.4 Å². The fraction of sp³-hybridized carbons (Fsp3) is 0.333. The van der Waals surface area contributed by atoms with Crippen LogP contribution in [0.25, 0.3) is 0 Å². The lowest BCUT2D eigenvalue weighted by Gasteiger charge is -2.31. The predicted octanol–water partition coefficient (Wildman–Crippen LogP) is 1.79. The van der Waals surface area contributed by atoms with Crippen LogP contribution in [0.15, 0.2) is 29.4 Å². The van der Waals surface area contributed by atoms with Gasteiger partial charge in [-0.15, -0.1) is 5.10 Å². The number of benzene rings is 1. The Kier molecular flexibility index (Phi) is 4.74. The van der Waals surface area contributed by atoms with Crippen molar-refractivity contribution in [1.82, 2.24) is 10.3 Å². The van der Waals surface area contributed by atoms with Crippen LogP contribution in [0.3, 0.4) is 0 Å². The van der Waals surface area contributed by atoms with Crippen molar-refractivity contribution >= 4 is 34.7 Å². The molecule has 8 heteroatoms. The summed E-state index contributed by atoms with van der Waals surface area (Å²) in [6.07, 6.45) is 0. The van der Waals surface area contributed by atoms with E-state index in [4.69, 9.17) is 4.74 Å². The fourth-order valence-electron chi connectivity index (χ4n) is 2.21. The van der Waals surface area contributed by atoms with Gasteiger partial charge in [-0.1, -0.05) is 23.9 Å². The van der Waals surface area contributed by atoms with Gasteiger partial charge in [-0.25, -0.2) is 5.01 Å². The van der Waals surface area contributed by atoms with Crippen molar-refractivity contribution in [3.63, 3.8) is 0 Å². The molecule has 1 aromatic carbocycles. The van der Waals surface area contributed by atoms with Gasteiger partial charge in [0.25, 0.3) is 0 Å². The Morgan fingerprint density at radius 1 is 1.26 bits per heavy atom. The van der Waals surface area contributed by atoms with Gasteiger partial charge >= 0.3 is 5.97 Å². The number of amidine groups is 1. The number of hydrazone groups is 1. The second kappa shape index (κ2) is 6.41. The quantitative estimate of drug-likeness (QED) is 0.657. The zero-order chi connectivity index (χ0) is 17.2. The minimum absolute atomic E-state index is 0.266. The largest absolute Gasteiger partial charge is 0.427 e. The first-order chi connectivity index (χ1) is 10.7. The average Bonchev–Trinajstić information content (AvgIpc) is 2.76. The third-order valence-corrected chi connectivity index (χ3v) is 4.29. The van der Waals surface area contributed by atoms with Gasteiger partial charge in [0, 0.05) is 20.8 Å². The molecule has 1 atom stereocenters. The summed E-state index contributed by atoms with van der Waals surface area (Å²) >= 11 is 1.24. The number of ether oxygens (including phenoxy) is 1.